The summed E-state index contributed by atoms with van der Waals surface area (Å²) >= 11 is 0. The maximum Gasteiger partial charge on any atom is 0.307 e. The van der Waals surface area contributed by atoms with Crippen molar-refractivity contribution in [1.82, 2.24) is 4.90 Å². The molecule has 0 spiro atoms. The zero-order valence-corrected chi connectivity index (χ0v) is 13.6. The number of piperidine rings is 1. The standard InChI is InChI=1S/C19H22N2O3/c22-19(23)18-6-3-9-21(14-18)10-11-24-20-13-15-7-8-16-4-1-2-5-17(16)12-15/h1-2,4-5,7-8,12-13,18H,3,6,9-11,14H2,(H,22,23)/b20-13+. The monoisotopic (exact) mass is 326 g/mol. The summed E-state index contributed by atoms with van der Waals surface area (Å²) in [6.45, 7) is 2.71. The topological polar surface area (TPSA) is 62.1 Å². The highest BCUT2D eigenvalue weighted by Crippen LogP contribution is 2.16. The number of likely N-dealkylation sites (tertiary alicyclic amines) is 1. The van der Waals surface area contributed by atoms with E-state index in [-0.39, 0.29) is 5.92 Å². The fourth-order valence-electron chi connectivity index (χ4n) is 3.07. The third-order valence-corrected chi connectivity index (χ3v) is 4.40. The zero-order valence-electron chi connectivity index (χ0n) is 13.6. The predicted octanol–water partition coefficient (Wildman–Crippen LogP) is 2.99. The van der Waals surface area contributed by atoms with E-state index >= 15 is 0 Å². The van der Waals surface area contributed by atoms with Gasteiger partial charge in [-0.3, -0.25) is 9.69 Å². The van der Waals surface area contributed by atoms with Gasteiger partial charge in [0.2, 0.25) is 0 Å². The normalized spacial score (nSPS) is 18.9. The Balaban J connectivity index is 1.45. The highest BCUT2D eigenvalue weighted by molar-refractivity contribution is 5.90. The number of hydrogen-bond acceptors (Lipinski definition) is 4. The first-order valence-electron chi connectivity index (χ1n) is 8.32. The van der Waals surface area contributed by atoms with Crippen molar-refractivity contribution in [2.75, 3.05) is 26.2 Å². The van der Waals surface area contributed by atoms with Crippen LogP contribution in [0.1, 0.15) is 18.4 Å². The van der Waals surface area contributed by atoms with Crippen LogP contribution in [0.25, 0.3) is 10.8 Å². The first-order chi connectivity index (χ1) is 11.7. The van der Waals surface area contributed by atoms with Gasteiger partial charge in [0.25, 0.3) is 0 Å². The van der Waals surface area contributed by atoms with Crippen molar-refractivity contribution >= 4 is 23.0 Å². The SMILES string of the molecule is O=C(O)C1CCCN(CCO/N=C/c2ccc3ccccc3c2)C1. The van der Waals surface area contributed by atoms with Crippen LogP contribution in [0.5, 0.6) is 0 Å². The molecule has 1 aliphatic rings. The average Bonchev–Trinajstić information content (AvgIpc) is 2.61. The molecule has 0 radical (unpaired) electrons. The lowest BCUT2D eigenvalue weighted by molar-refractivity contribution is -0.143. The van der Waals surface area contributed by atoms with Crippen molar-refractivity contribution in [3.8, 4) is 0 Å². The second kappa shape index (κ2) is 7.93. The maximum atomic E-state index is 11.0. The molecule has 0 bridgehead atoms. The molecule has 1 aliphatic heterocycles. The van der Waals surface area contributed by atoms with E-state index in [4.69, 9.17) is 9.94 Å². The molecule has 126 valence electrons. The summed E-state index contributed by atoms with van der Waals surface area (Å²) in [4.78, 5) is 18.5. The van der Waals surface area contributed by atoms with Crippen molar-refractivity contribution in [3.63, 3.8) is 0 Å². The summed E-state index contributed by atoms with van der Waals surface area (Å²) in [6.07, 6.45) is 3.41. The molecule has 24 heavy (non-hydrogen) atoms. The summed E-state index contributed by atoms with van der Waals surface area (Å²) in [7, 11) is 0. The van der Waals surface area contributed by atoms with E-state index in [1.807, 2.05) is 18.2 Å². The van der Waals surface area contributed by atoms with Crippen LogP contribution in [-0.4, -0.2) is 48.4 Å². The largest absolute Gasteiger partial charge is 0.481 e. The third kappa shape index (κ3) is 4.32. The molecule has 0 aliphatic carbocycles. The molecule has 1 unspecified atom stereocenters. The second-order valence-corrected chi connectivity index (χ2v) is 6.15. The van der Waals surface area contributed by atoms with Crippen LogP contribution in [0.3, 0.4) is 0 Å². The minimum absolute atomic E-state index is 0.250. The number of rotatable bonds is 6. The number of carbonyl (C=O) groups is 1. The van der Waals surface area contributed by atoms with E-state index in [0.29, 0.717) is 19.7 Å². The van der Waals surface area contributed by atoms with Crippen molar-refractivity contribution in [3.05, 3.63) is 48.0 Å². The Hall–Kier alpha value is -2.40. The van der Waals surface area contributed by atoms with Gasteiger partial charge in [-0.1, -0.05) is 41.6 Å². The predicted molar refractivity (Wildman–Crippen MR) is 94.3 cm³/mol. The van der Waals surface area contributed by atoms with Crippen molar-refractivity contribution in [2.24, 2.45) is 11.1 Å². The molecular weight excluding hydrogens is 304 g/mol. The lowest BCUT2D eigenvalue weighted by Crippen LogP contribution is -2.40. The number of benzene rings is 2. The Bertz CT molecular complexity index is 729. The van der Waals surface area contributed by atoms with E-state index in [1.54, 1.807) is 6.21 Å². The van der Waals surface area contributed by atoms with Gasteiger partial charge in [-0.25, -0.2) is 0 Å². The fourth-order valence-corrected chi connectivity index (χ4v) is 3.07. The van der Waals surface area contributed by atoms with Gasteiger partial charge in [-0.15, -0.1) is 0 Å². The molecule has 0 saturated carbocycles. The Morgan fingerprint density at radius 2 is 2.12 bits per heavy atom. The molecule has 3 rings (SSSR count). The van der Waals surface area contributed by atoms with E-state index in [1.165, 1.54) is 10.8 Å². The second-order valence-electron chi connectivity index (χ2n) is 6.15. The molecule has 1 saturated heterocycles. The summed E-state index contributed by atoms with van der Waals surface area (Å²) in [5.74, 6) is -0.949. The number of fused-ring (bicyclic) bond motifs is 1. The smallest absolute Gasteiger partial charge is 0.307 e. The van der Waals surface area contributed by atoms with Crippen LogP contribution in [0.4, 0.5) is 0 Å². The minimum Gasteiger partial charge on any atom is -0.481 e. The lowest BCUT2D eigenvalue weighted by Gasteiger charge is -2.29. The first kappa shape index (κ1) is 16.5. The van der Waals surface area contributed by atoms with E-state index in [9.17, 15) is 4.79 Å². The Morgan fingerprint density at radius 1 is 1.29 bits per heavy atom. The molecule has 5 heteroatoms. The molecular formula is C19H22N2O3. The zero-order chi connectivity index (χ0) is 16.8. The van der Waals surface area contributed by atoms with Gasteiger partial charge >= 0.3 is 5.97 Å². The minimum atomic E-state index is -0.699. The third-order valence-electron chi connectivity index (χ3n) is 4.40. The molecule has 0 aromatic heterocycles. The van der Waals surface area contributed by atoms with Gasteiger partial charge in [0.05, 0.1) is 12.1 Å². The molecule has 1 atom stereocenters. The Morgan fingerprint density at radius 3 is 2.96 bits per heavy atom. The van der Waals surface area contributed by atoms with Crippen LogP contribution in [0.15, 0.2) is 47.6 Å². The Labute approximate surface area is 141 Å². The molecule has 1 heterocycles. The van der Waals surface area contributed by atoms with Crippen molar-refractivity contribution < 1.29 is 14.7 Å². The van der Waals surface area contributed by atoms with Crippen LogP contribution >= 0.6 is 0 Å². The highest BCUT2D eigenvalue weighted by atomic mass is 16.6. The summed E-state index contributed by atoms with van der Waals surface area (Å²) < 4.78 is 0. The van der Waals surface area contributed by atoms with Gasteiger partial charge in [0.15, 0.2) is 0 Å². The van der Waals surface area contributed by atoms with Gasteiger partial charge in [0.1, 0.15) is 6.61 Å². The van der Waals surface area contributed by atoms with Gasteiger partial charge in [-0.2, -0.15) is 0 Å². The quantitative estimate of drug-likeness (QED) is 0.503. The van der Waals surface area contributed by atoms with E-state index < -0.39 is 5.97 Å². The first-order valence-corrected chi connectivity index (χ1v) is 8.32. The maximum absolute atomic E-state index is 11.0. The Kier molecular flexibility index (Phi) is 5.43. The van der Waals surface area contributed by atoms with Gasteiger partial charge in [-0.05, 0) is 41.8 Å². The molecule has 0 amide bonds. The number of carboxylic acid groups (broad SMARTS) is 1. The fraction of sp³-hybridized carbons (Fsp3) is 0.368. The summed E-state index contributed by atoms with van der Waals surface area (Å²) in [5.41, 5.74) is 0.998. The average molecular weight is 326 g/mol. The number of oxime groups is 1. The number of carboxylic acids is 1. The van der Waals surface area contributed by atoms with Crippen LogP contribution < -0.4 is 0 Å². The molecule has 2 aromatic carbocycles. The van der Waals surface area contributed by atoms with Crippen molar-refractivity contribution in [2.45, 2.75) is 12.8 Å². The number of hydrogen-bond donors (Lipinski definition) is 1. The van der Waals surface area contributed by atoms with Gasteiger partial charge in [0, 0.05) is 13.1 Å². The number of nitrogens with zero attached hydrogens (tertiary/aromatic N) is 2. The summed E-state index contributed by atoms with van der Waals surface area (Å²) in [6, 6.07) is 14.3. The molecule has 1 N–H and O–H groups in total. The van der Waals surface area contributed by atoms with Crippen LogP contribution in [0.2, 0.25) is 0 Å². The highest BCUT2D eigenvalue weighted by Gasteiger charge is 2.24. The van der Waals surface area contributed by atoms with Gasteiger partial charge < -0.3 is 9.94 Å². The van der Waals surface area contributed by atoms with E-state index in [2.05, 4.69) is 34.3 Å². The molecule has 5 nitrogen and oxygen atoms in total. The molecule has 2 aromatic rings. The van der Waals surface area contributed by atoms with E-state index in [0.717, 1.165) is 24.9 Å². The lowest BCUT2D eigenvalue weighted by atomic mass is 9.98. The number of aliphatic carboxylic acids is 1. The summed E-state index contributed by atoms with van der Waals surface area (Å²) in [5, 5.41) is 15.5. The molecule has 1 fully saturated rings. The van der Waals surface area contributed by atoms with Crippen LogP contribution in [-0.2, 0) is 9.63 Å². The van der Waals surface area contributed by atoms with Crippen LogP contribution in [0, 0.1) is 5.92 Å². The van der Waals surface area contributed by atoms with Crippen molar-refractivity contribution in [1.29, 1.82) is 0 Å².